The lowest BCUT2D eigenvalue weighted by atomic mass is 9.96. The normalized spacial score (nSPS) is 9.62. The molecule has 0 unspecified atom stereocenters. The first-order valence-corrected chi connectivity index (χ1v) is 14.2. The highest BCUT2D eigenvalue weighted by Crippen LogP contribution is 2.24. The van der Waals surface area contributed by atoms with Gasteiger partial charge in [0.05, 0.1) is 13.7 Å². The van der Waals surface area contributed by atoms with Crippen molar-refractivity contribution in [2.75, 3.05) is 38.0 Å². The van der Waals surface area contributed by atoms with E-state index in [-0.39, 0.29) is 18.4 Å². The number of thioether (sulfide) groups is 1. The zero-order valence-electron chi connectivity index (χ0n) is 22.9. The number of rotatable bonds is 11. The smallest absolute Gasteiger partial charge is 0.325 e. The van der Waals surface area contributed by atoms with Crippen LogP contribution in [0.15, 0.2) is 30.4 Å². The molecule has 0 heterocycles. The van der Waals surface area contributed by atoms with E-state index in [1.165, 1.54) is 19.3 Å². The zero-order chi connectivity index (χ0) is 26.8. The third-order valence-corrected chi connectivity index (χ3v) is 4.65. The van der Waals surface area contributed by atoms with Gasteiger partial charge in [0.15, 0.2) is 0 Å². The van der Waals surface area contributed by atoms with Gasteiger partial charge in [-0.1, -0.05) is 73.1 Å². The van der Waals surface area contributed by atoms with Crippen LogP contribution < -0.4 is 10.1 Å². The number of methoxy groups -OCH3 is 1. The number of hydrogen-bond donors (Lipinski definition) is 2. The molecule has 5 nitrogen and oxygen atoms in total. The highest BCUT2D eigenvalue weighted by atomic mass is 32.2. The Labute approximate surface area is 219 Å². The second-order valence-electron chi connectivity index (χ2n) is 7.07. The Morgan fingerprint density at radius 2 is 1.68 bits per heavy atom. The summed E-state index contributed by atoms with van der Waals surface area (Å²) >= 11 is 6.00. The third kappa shape index (κ3) is 21.0. The van der Waals surface area contributed by atoms with Crippen LogP contribution >= 0.6 is 24.4 Å². The highest BCUT2D eigenvalue weighted by molar-refractivity contribution is 7.98. The standard InChI is InChI=1S/C19H27NO4S.C3H8S.C3H8.C2H6/c1-14(2)16-9-8-15(24-10-6-4-5-7-11-25)12-17(16)19(22)20-13-18(21)23-3;1-3-4-2;1-3-2;1-2/h4-5,8-9,12,14,25H,6-7,10-11,13H2,1-3H3,(H,20,22);3H2,1-2H3;3H2,1-2H3;1-2H3/b5-4+;;;. The van der Waals surface area contributed by atoms with E-state index in [1.807, 2.05) is 51.6 Å². The minimum absolute atomic E-state index is 0.159. The lowest BCUT2D eigenvalue weighted by molar-refractivity contribution is -0.139. The molecule has 1 amide bonds. The van der Waals surface area contributed by atoms with Crippen LogP contribution in [0.1, 0.15) is 89.6 Å². The van der Waals surface area contributed by atoms with E-state index in [0.29, 0.717) is 17.9 Å². The van der Waals surface area contributed by atoms with Gasteiger partial charge in [-0.3, -0.25) is 9.59 Å². The molecular formula is C27H49NO4S2. The van der Waals surface area contributed by atoms with Crippen LogP contribution in [0, 0.1) is 0 Å². The topological polar surface area (TPSA) is 64.6 Å². The SMILES string of the molecule is CC.CCC.CCSC.COC(=O)CNC(=O)c1cc(OCC/C=C/CCS)ccc1C(C)C. The minimum Gasteiger partial charge on any atom is -0.493 e. The summed E-state index contributed by atoms with van der Waals surface area (Å²) in [5.74, 6) is 2.08. The van der Waals surface area contributed by atoms with Crippen LogP contribution in [-0.2, 0) is 9.53 Å². The van der Waals surface area contributed by atoms with Crippen LogP contribution in [0.25, 0.3) is 0 Å². The van der Waals surface area contributed by atoms with Crippen molar-refractivity contribution in [3.05, 3.63) is 41.5 Å². The minimum atomic E-state index is -0.486. The molecule has 0 saturated heterocycles. The number of benzene rings is 1. The molecule has 0 saturated carbocycles. The average molecular weight is 516 g/mol. The van der Waals surface area contributed by atoms with Gasteiger partial charge in [-0.05, 0) is 54.2 Å². The van der Waals surface area contributed by atoms with Crippen molar-refractivity contribution in [2.24, 2.45) is 0 Å². The van der Waals surface area contributed by atoms with E-state index in [2.05, 4.69) is 61.9 Å². The number of amides is 1. The first-order valence-electron chi connectivity index (χ1n) is 12.2. The number of ether oxygens (including phenoxy) is 2. The summed E-state index contributed by atoms with van der Waals surface area (Å²) in [6.45, 7) is 14.8. The fourth-order valence-corrected chi connectivity index (χ4v) is 2.35. The first kappa shape index (κ1) is 37.0. The van der Waals surface area contributed by atoms with Crippen LogP contribution in [0.2, 0.25) is 0 Å². The maximum atomic E-state index is 12.4. The van der Waals surface area contributed by atoms with E-state index in [1.54, 1.807) is 6.07 Å². The number of carbonyl (C=O) groups excluding carboxylic acids is 2. The van der Waals surface area contributed by atoms with Crippen molar-refractivity contribution in [3.8, 4) is 5.75 Å². The van der Waals surface area contributed by atoms with Gasteiger partial charge in [-0.15, -0.1) is 0 Å². The zero-order valence-corrected chi connectivity index (χ0v) is 24.6. The van der Waals surface area contributed by atoms with E-state index < -0.39 is 5.97 Å². The Morgan fingerprint density at radius 1 is 1.12 bits per heavy atom. The molecule has 0 spiro atoms. The maximum absolute atomic E-state index is 12.4. The van der Waals surface area contributed by atoms with Crippen LogP contribution in [0.5, 0.6) is 5.75 Å². The van der Waals surface area contributed by atoms with Crippen LogP contribution in [0.3, 0.4) is 0 Å². The molecule has 0 radical (unpaired) electrons. The van der Waals surface area contributed by atoms with Crippen molar-refractivity contribution in [3.63, 3.8) is 0 Å². The van der Waals surface area contributed by atoms with Gasteiger partial charge in [0.25, 0.3) is 5.91 Å². The summed E-state index contributed by atoms with van der Waals surface area (Å²) in [5.41, 5.74) is 1.42. The molecule has 1 aromatic carbocycles. The fourth-order valence-electron chi connectivity index (χ4n) is 2.20. The third-order valence-electron chi connectivity index (χ3n) is 3.82. The summed E-state index contributed by atoms with van der Waals surface area (Å²) in [5, 5.41) is 2.58. The molecular weight excluding hydrogens is 466 g/mol. The molecule has 0 fully saturated rings. The molecule has 0 aliphatic rings. The molecule has 1 N–H and O–H groups in total. The lowest BCUT2D eigenvalue weighted by Gasteiger charge is -2.14. The molecule has 0 atom stereocenters. The van der Waals surface area contributed by atoms with Crippen molar-refractivity contribution >= 4 is 36.3 Å². The van der Waals surface area contributed by atoms with Gasteiger partial charge in [-0.2, -0.15) is 24.4 Å². The molecule has 1 rings (SSSR count). The van der Waals surface area contributed by atoms with E-state index >= 15 is 0 Å². The predicted octanol–water partition coefficient (Wildman–Crippen LogP) is 7.17. The summed E-state index contributed by atoms with van der Waals surface area (Å²) in [6, 6.07) is 5.48. The van der Waals surface area contributed by atoms with E-state index in [4.69, 9.17) is 4.74 Å². The number of carbonyl (C=O) groups is 2. The molecule has 198 valence electrons. The van der Waals surface area contributed by atoms with Crippen LogP contribution in [-0.4, -0.2) is 49.9 Å². The van der Waals surface area contributed by atoms with Crippen molar-refractivity contribution in [2.45, 2.75) is 73.6 Å². The number of allylic oxidation sites excluding steroid dienone is 1. The fraction of sp³-hybridized carbons (Fsp3) is 0.630. The van der Waals surface area contributed by atoms with Crippen molar-refractivity contribution in [1.29, 1.82) is 0 Å². The Hall–Kier alpha value is -1.60. The summed E-state index contributed by atoms with van der Waals surface area (Å²) in [6.07, 6.45) is 9.22. The summed E-state index contributed by atoms with van der Waals surface area (Å²) in [7, 11) is 1.28. The van der Waals surface area contributed by atoms with Crippen molar-refractivity contribution < 1.29 is 19.1 Å². The Morgan fingerprint density at radius 3 is 2.15 bits per heavy atom. The number of hydrogen-bond acceptors (Lipinski definition) is 6. The Kier molecular flexibility index (Phi) is 30.0. The number of esters is 1. The van der Waals surface area contributed by atoms with Gasteiger partial charge in [-0.25, -0.2) is 0 Å². The molecule has 34 heavy (non-hydrogen) atoms. The predicted molar refractivity (Wildman–Crippen MR) is 154 cm³/mol. The molecule has 1 aromatic rings. The molecule has 7 heteroatoms. The molecule has 0 aromatic heterocycles. The monoisotopic (exact) mass is 515 g/mol. The van der Waals surface area contributed by atoms with Gasteiger partial charge in [0.1, 0.15) is 12.3 Å². The average Bonchev–Trinajstić information content (AvgIpc) is 2.86. The molecule has 0 bridgehead atoms. The van der Waals surface area contributed by atoms with Crippen LogP contribution in [0.4, 0.5) is 0 Å². The second-order valence-corrected chi connectivity index (χ2v) is 8.67. The largest absolute Gasteiger partial charge is 0.493 e. The van der Waals surface area contributed by atoms with Gasteiger partial charge in [0, 0.05) is 5.56 Å². The first-order chi connectivity index (χ1) is 16.3. The lowest BCUT2D eigenvalue weighted by Crippen LogP contribution is -2.31. The highest BCUT2D eigenvalue weighted by Gasteiger charge is 2.16. The quantitative estimate of drug-likeness (QED) is 0.142. The van der Waals surface area contributed by atoms with Crippen molar-refractivity contribution in [1.82, 2.24) is 5.32 Å². The van der Waals surface area contributed by atoms with Gasteiger partial charge >= 0.3 is 5.97 Å². The van der Waals surface area contributed by atoms with Gasteiger partial charge in [0.2, 0.25) is 0 Å². The molecule has 0 aliphatic carbocycles. The number of nitrogens with one attached hydrogen (secondary N) is 1. The Balaban J connectivity index is -0.000000922. The molecule has 0 aliphatic heterocycles. The van der Waals surface area contributed by atoms with Gasteiger partial charge < -0.3 is 14.8 Å². The maximum Gasteiger partial charge on any atom is 0.325 e. The van der Waals surface area contributed by atoms with E-state index in [9.17, 15) is 9.59 Å². The summed E-state index contributed by atoms with van der Waals surface area (Å²) in [4.78, 5) is 23.6. The second kappa shape index (κ2) is 27.6. The Bertz CT molecular complexity index is 648. The van der Waals surface area contributed by atoms with E-state index in [0.717, 1.165) is 24.2 Å². The number of thiol groups is 1. The summed E-state index contributed by atoms with van der Waals surface area (Å²) < 4.78 is 10.3.